The van der Waals surface area contributed by atoms with Crippen LogP contribution in [-0.4, -0.2) is 31.5 Å². The molecule has 1 aliphatic carbocycles. The van der Waals surface area contributed by atoms with E-state index < -0.39 is 0 Å². The Morgan fingerprint density at radius 1 is 1.31 bits per heavy atom. The van der Waals surface area contributed by atoms with Gasteiger partial charge in [0, 0.05) is 6.04 Å². The molecule has 0 aromatic carbocycles. The first-order chi connectivity index (χ1) is 7.43. The zero-order valence-corrected chi connectivity index (χ0v) is 11.2. The lowest BCUT2D eigenvalue weighted by Crippen LogP contribution is -2.50. The Labute approximate surface area is 99.7 Å². The second-order valence-corrected chi connectivity index (χ2v) is 5.74. The summed E-state index contributed by atoms with van der Waals surface area (Å²) in [7, 11) is 0. The summed E-state index contributed by atoms with van der Waals surface area (Å²) in [5.74, 6) is 0. The Morgan fingerprint density at radius 2 is 2.00 bits per heavy atom. The Hall–Kier alpha value is -0.120. The predicted molar refractivity (Wildman–Crippen MR) is 66.4 cm³/mol. The van der Waals surface area contributed by atoms with Crippen molar-refractivity contribution in [1.29, 1.82) is 0 Å². The largest absolute Gasteiger partial charge is 0.376 e. The van der Waals surface area contributed by atoms with E-state index in [1.165, 1.54) is 12.8 Å². The molecule has 0 spiro atoms. The van der Waals surface area contributed by atoms with Crippen molar-refractivity contribution in [3.05, 3.63) is 0 Å². The van der Waals surface area contributed by atoms with Crippen LogP contribution in [0.15, 0.2) is 0 Å². The maximum absolute atomic E-state index is 6.23. The van der Waals surface area contributed by atoms with Crippen molar-refractivity contribution in [2.75, 3.05) is 13.2 Å². The van der Waals surface area contributed by atoms with Gasteiger partial charge >= 0.3 is 0 Å². The van der Waals surface area contributed by atoms with Gasteiger partial charge in [0.1, 0.15) is 0 Å². The average molecular weight is 229 g/mol. The van der Waals surface area contributed by atoms with E-state index in [9.17, 15) is 0 Å². The van der Waals surface area contributed by atoms with Crippen LogP contribution in [0.25, 0.3) is 0 Å². The third kappa shape index (κ3) is 4.04. The smallest absolute Gasteiger partial charge is 0.0732 e. The highest BCUT2D eigenvalue weighted by Crippen LogP contribution is 2.35. The lowest BCUT2D eigenvalue weighted by Gasteiger charge is -2.41. The third-order valence-electron chi connectivity index (χ3n) is 3.48. The maximum atomic E-state index is 6.23. The molecule has 1 rings (SSSR count). The van der Waals surface area contributed by atoms with Crippen LogP contribution in [0.1, 0.15) is 47.0 Å². The molecule has 0 radical (unpaired) electrons. The Morgan fingerprint density at radius 3 is 2.62 bits per heavy atom. The number of rotatable bonds is 5. The third-order valence-corrected chi connectivity index (χ3v) is 3.48. The van der Waals surface area contributed by atoms with Crippen LogP contribution in [-0.2, 0) is 9.47 Å². The van der Waals surface area contributed by atoms with Gasteiger partial charge in [0.2, 0.25) is 0 Å². The van der Waals surface area contributed by atoms with Crippen LogP contribution in [0.4, 0.5) is 0 Å². The van der Waals surface area contributed by atoms with E-state index in [4.69, 9.17) is 15.2 Å². The number of hydrogen-bond donors (Lipinski definition) is 1. The lowest BCUT2D eigenvalue weighted by atomic mass is 9.72. The summed E-state index contributed by atoms with van der Waals surface area (Å²) < 4.78 is 11.3. The predicted octanol–water partition coefficient (Wildman–Crippen LogP) is 2.33. The molecule has 2 unspecified atom stereocenters. The second kappa shape index (κ2) is 5.99. The molecule has 2 atom stereocenters. The van der Waals surface area contributed by atoms with Crippen molar-refractivity contribution in [3.8, 4) is 0 Å². The molecule has 96 valence electrons. The molecule has 3 nitrogen and oxygen atoms in total. The molecule has 0 amide bonds. The normalized spacial score (nSPS) is 29.6. The minimum Gasteiger partial charge on any atom is -0.376 e. The van der Waals surface area contributed by atoms with Gasteiger partial charge in [-0.3, -0.25) is 0 Å². The van der Waals surface area contributed by atoms with Gasteiger partial charge in [-0.25, -0.2) is 0 Å². The molecule has 2 N–H and O–H groups in total. The molecule has 0 saturated heterocycles. The second-order valence-electron chi connectivity index (χ2n) is 5.74. The van der Waals surface area contributed by atoms with Gasteiger partial charge in [0.05, 0.1) is 25.4 Å². The molecule has 1 saturated carbocycles. The Bertz CT molecular complexity index is 204. The topological polar surface area (TPSA) is 44.5 Å². The van der Waals surface area contributed by atoms with Crippen molar-refractivity contribution in [3.63, 3.8) is 0 Å². The monoisotopic (exact) mass is 229 g/mol. The van der Waals surface area contributed by atoms with Crippen LogP contribution >= 0.6 is 0 Å². The van der Waals surface area contributed by atoms with Gasteiger partial charge in [0.15, 0.2) is 0 Å². The quantitative estimate of drug-likeness (QED) is 0.736. The zero-order valence-electron chi connectivity index (χ0n) is 11.2. The summed E-state index contributed by atoms with van der Waals surface area (Å²) in [6.45, 7) is 9.87. The fourth-order valence-electron chi connectivity index (χ4n) is 2.28. The Kier molecular flexibility index (Phi) is 5.22. The highest BCUT2D eigenvalue weighted by molar-refractivity contribution is 4.92. The summed E-state index contributed by atoms with van der Waals surface area (Å²) in [6, 6.07) is 0.153. The standard InChI is InChI=1S/C13H27NO2/c1-10(2)15-8-9-16-11-6-5-7-13(3,4)12(11)14/h10-12H,5-9,14H2,1-4H3. The van der Waals surface area contributed by atoms with E-state index >= 15 is 0 Å². The van der Waals surface area contributed by atoms with Crippen LogP contribution in [0, 0.1) is 5.41 Å². The zero-order chi connectivity index (χ0) is 12.2. The van der Waals surface area contributed by atoms with Gasteiger partial charge in [-0.15, -0.1) is 0 Å². The fourth-order valence-corrected chi connectivity index (χ4v) is 2.28. The van der Waals surface area contributed by atoms with Gasteiger partial charge in [-0.1, -0.05) is 20.3 Å². The summed E-state index contributed by atoms with van der Waals surface area (Å²) in [4.78, 5) is 0. The highest BCUT2D eigenvalue weighted by atomic mass is 16.5. The molecule has 0 bridgehead atoms. The molecule has 1 fully saturated rings. The summed E-state index contributed by atoms with van der Waals surface area (Å²) in [5, 5.41) is 0. The highest BCUT2D eigenvalue weighted by Gasteiger charge is 2.36. The molecule has 0 aliphatic heterocycles. The van der Waals surface area contributed by atoms with E-state index in [1.54, 1.807) is 0 Å². The van der Waals surface area contributed by atoms with Crippen LogP contribution in [0.5, 0.6) is 0 Å². The molecule has 0 aromatic heterocycles. The minimum atomic E-state index is 0.153. The summed E-state index contributed by atoms with van der Waals surface area (Å²) in [6.07, 6.45) is 4.00. The first-order valence-electron chi connectivity index (χ1n) is 6.42. The van der Waals surface area contributed by atoms with E-state index in [0.29, 0.717) is 13.2 Å². The number of hydrogen-bond acceptors (Lipinski definition) is 3. The van der Waals surface area contributed by atoms with Crippen LogP contribution < -0.4 is 5.73 Å². The first-order valence-corrected chi connectivity index (χ1v) is 6.42. The SMILES string of the molecule is CC(C)OCCOC1CCCC(C)(C)C1N. The van der Waals surface area contributed by atoms with Gasteiger partial charge in [-0.05, 0) is 32.1 Å². The van der Waals surface area contributed by atoms with E-state index in [0.717, 1.165) is 6.42 Å². The molecule has 0 heterocycles. The van der Waals surface area contributed by atoms with Crippen LogP contribution in [0.3, 0.4) is 0 Å². The van der Waals surface area contributed by atoms with Gasteiger partial charge in [-0.2, -0.15) is 0 Å². The number of ether oxygens (including phenoxy) is 2. The molecule has 16 heavy (non-hydrogen) atoms. The minimum absolute atomic E-state index is 0.153. The van der Waals surface area contributed by atoms with Gasteiger partial charge < -0.3 is 15.2 Å². The van der Waals surface area contributed by atoms with Crippen molar-refractivity contribution in [2.45, 2.75) is 65.2 Å². The average Bonchev–Trinajstić information content (AvgIpc) is 2.18. The van der Waals surface area contributed by atoms with Crippen molar-refractivity contribution in [1.82, 2.24) is 0 Å². The first kappa shape index (κ1) is 13.9. The maximum Gasteiger partial charge on any atom is 0.0732 e. The molecular weight excluding hydrogens is 202 g/mol. The molecular formula is C13H27NO2. The Balaban J connectivity index is 2.26. The van der Waals surface area contributed by atoms with Crippen molar-refractivity contribution in [2.24, 2.45) is 11.1 Å². The van der Waals surface area contributed by atoms with Crippen LogP contribution in [0.2, 0.25) is 0 Å². The number of nitrogens with two attached hydrogens (primary N) is 1. The summed E-state index contributed by atoms with van der Waals surface area (Å²) >= 11 is 0. The molecule has 1 aliphatic rings. The molecule has 3 heteroatoms. The van der Waals surface area contributed by atoms with Crippen molar-refractivity contribution >= 4 is 0 Å². The molecule has 0 aromatic rings. The lowest BCUT2D eigenvalue weighted by molar-refractivity contribution is -0.0538. The van der Waals surface area contributed by atoms with E-state index in [2.05, 4.69) is 13.8 Å². The fraction of sp³-hybridized carbons (Fsp3) is 1.00. The van der Waals surface area contributed by atoms with E-state index in [-0.39, 0.29) is 23.7 Å². The van der Waals surface area contributed by atoms with E-state index in [1.807, 2.05) is 13.8 Å². The summed E-state index contributed by atoms with van der Waals surface area (Å²) in [5.41, 5.74) is 6.44. The van der Waals surface area contributed by atoms with Gasteiger partial charge in [0.25, 0.3) is 0 Å². The van der Waals surface area contributed by atoms with Crippen molar-refractivity contribution < 1.29 is 9.47 Å².